The Kier molecular flexibility index (Phi) is 3.27. The summed E-state index contributed by atoms with van der Waals surface area (Å²) < 4.78 is 1.86. The van der Waals surface area contributed by atoms with Crippen LogP contribution in [0.4, 0.5) is 11.5 Å². The van der Waals surface area contributed by atoms with Crippen molar-refractivity contribution >= 4 is 11.5 Å². The van der Waals surface area contributed by atoms with Crippen molar-refractivity contribution in [2.45, 2.75) is 6.54 Å². The van der Waals surface area contributed by atoms with E-state index in [0.717, 1.165) is 23.7 Å². The number of anilines is 2. The van der Waals surface area contributed by atoms with E-state index in [2.05, 4.69) is 15.4 Å². The van der Waals surface area contributed by atoms with Crippen molar-refractivity contribution in [1.82, 2.24) is 14.8 Å². The Balaban J connectivity index is 1.98. The highest BCUT2D eigenvalue weighted by Gasteiger charge is 2.00. The van der Waals surface area contributed by atoms with Gasteiger partial charge in [0.15, 0.2) is 0 Å². The van der Waals surface area contributed by atoms with Crippen LogP contribution in [0.25, 0.3) is 0 Å². The number of hydrogen-bond donors (Lipinski definition) is 1. The molecule has 0 aliphatic carbocycles. The van der Waals surface area contributed by atoms with Gasteiger partial charge in [-0.3, -0.25) is 4.68 Å². The van der Waals surface area contributed by atoms with Crippen LogP contribution >= 0.6 is 0 Å². The average Bonchev–Trinajstić information content (AvgIpc) is 2.73. The van der Waals surface area contributed by atoms with Gasteiger partial charge >= 0.3 is 0 Å². The van der Waals surface area contributed by atoms with Gasteiger partial charge in [0.1, 0.15) is 5.82 Å². The second-order valence-corrected chi connectivity index (χ2v) is 4.10. The predicted octanol–water partition coefficient (Wildman–Crippen LogP) is 1.49. The Hall–Kier alpha value is -2.04. The fourth-order valence-electron chi connectivity index (χ4n) is 1.52. The third-order valence-electron chi connectivity index (χ3n) is 2.60. The van der Waals surface area contributed by atoms with E-state index in [-0.39, 0.29) is 0 Å². The van der Waals surface area contributed by atoms with Gasteiger partial charge in [-0.1, -0.05) is 0 Å². The monoisotopic (exact) mass is 231 g/mol. The van der Waals surface area contributed by atoms with Gasteiger partial charge in [0.2, 0.25) is 0 Å². The largest absolute Gasteiger partial charge is 0.378 e. The molecule has 5 heteroatoms. The highest BCUT2D eigenvalue weighted by Crippen LogP contribution is 2.12. The summed E-state index contributed by atoms with van der Waals surface area (Å²) in [6.45, 7) is 0.749. The van der Waals surface area contributed by atoms with Crippen LogP contribution in [0.1, 0.15) is 5.69 Å². The first-order chi connectivity index (χ1) is 8.16. The Morgan fingerprint density at radius 3 is 2.65 bits per heavy atom. The molecule has 17 heavy (non-hydrogen) atoms. The van der Waals surface area contributed by atoms with Gasteiger partial charge in [0.05, 0.1) is 24.1 Å². The summed E-state index contributed by atoms with van der Waals surface area (Å²) in [5, 5.41) is 7.43. The minimum absolute atomic E-state index is 0.749. The molecular formula is C12H17N5. The Bertz CT molecular complexity index is 472. The standard InChI is InChI=1S/C12H17N5/c1-16(2)12-5-4-10(8-14-12)13-9-11-6-7-15-17(11)3/h4-8,13H,9H2,1-3H3. The number of nitrogens with one attached hydrogen (secondary N) is 1. The lowest BCUT2D eigenvalue weighted by atomic mass is 10.3. The van der Waals surface area contributed by atoms with Crippen LogP contribution in [0.5, 0.6) is 0 Å². The van der Waals surface area contributed by atoms with E-state index in [9.17, 15) is 0 Å². The summed E-state index contributed by atoms with van der Waals surface area (Å²) in [5.41, 5.74) is 2.15. The molecule has 0 aromatic carbocycles. The summed E-state index contributed by atoms with van der Waals surface area (Å²) in [4.78, 5) is 6.32. The van der Waals surface area contributed by atoms with Crippen molar-refractivity contribution in [1.29, 1.82) is 0 Å². The van der Waals surface area contributed by atoms with Crippen molar-refractivity contribution in [2.75, 3.05) is 24.3 Å². The number of aryl methyl sites for hydroxylation is 1. The third-order valence-corrected chi connectivity index (χ3v) is 2.60. The first-order valence-corrected chi connectivity index (χ1v) is 5.51. The number of rotatable bonds is 4. The number of aromatic nitrogens is 3. The third kappa shape index (κ3) is 2.75. The van der Waals surface area contributed by atoms with E-state index in [4.69, 9.17) is 0 Å². The van der Waals surface area contributed by atoms with Crippen molar-refractivity contribution in [3.8, 4) is 0 Å². The molecule has 0 unspecified atom stereocenters. The smallest absolute Gasteiger partial charge is 0.128 e. The van der Waals surface area contributed by atoms with Crippen LogP contribution in [0, 0.1) is 0 Å². The van der Waals surface area contributed by atoms with E-state index >= 15 is 0 Å². The molecule has 5 nitrogen and oxygen atoms in total. The molecule has 0 saturated carbocycles. The molecule has 1 N–H and O–H groups in total. The molecule has 2 aromatic heterocycles. The molecule has 0 bridgehead atoms. The van der Waals surface area contributed by atoms with E-state index in [0.29, 0.717) is 0 Å². The van der Waals surface area contributed by atoms with Crippen LogP contribution in [-0.2, 0) is 13.6 Å². The van der Waals surface area contributed by atoms with Gasteiger partial charge < -0.3 is 10.2 Å². The predicted molar refractivity (Wildman–Crippen MR) is 69.1 cm³/mol. The number of nitrogens with zero attached hydrogens (tertiary/aromatic N) is 4. The summed E-state index contributed by atoms with van der Waals surface area (Å²) in [6, 6.07) is 6.01. The van der Waals surface area contributed by atoms with Crippen LogP contribution in [-0.4, -0.2) is 28.9 Å². The first-order valence-electron chi connectivity index (χ1n) is 5.51. The van der Waals surface area contributed by atoms with E-state index in [1.54, 1.807) is 6.20 Å². The van der Waals surface area contributed by atoms with Crippen LogP contribution in [0.3, 0.4) is 0 Å². The first kappa shape index (κ1) is 11.4. The number of hydrogen-bond acceptors (Lipinski definition) is 4. The fourth-order valence-corrected chi connectivity index (χ4v) is 1.52. The maximum absolute atomic E-state index is 4.34. The molecule has 0 saturated heterocycles. The lowest BCUT2D eigenvalue weighted by Crippen LogP contribution is -2.10. The number of pyridine rings is 1. The maximum Gasteiger partial charge on any atom is 0.128 e. The molecule has 0 radical (unpaired) electrons. The molecule has 0 aliphatic heterocycles. The zero-order valence-corrected chi connectivity index (χ0v) is 10.4. The second-order valence-electron chi connectivity index (χ2n) is 4.10. The summed E-state index contributed by atoms with van der Waals surface area (Å²) in [5.74, 6) is 0.955. The molecule has 2 rings (SSSR count). The summed E-state index contributed by atoms with van der Waals surface area (Å²) in [7, 11) is 5.89. The van der Waals surface area contributed by atoms with Crippen molar-refractivity contribution < 1.29 is 0 Å². The lowest BCUT2D eigenvalue weighted by molar-refractivity contribution is 0.720. The fraction of sp³-hybridized carbons (Fsp3) is 0.333. The molecule has 2 heterocycles. The quantitative estimate of drug-likeness (QED) is 0.866. The molecule has 0 aliphatic rings. The molecule has 0 amide bonds. The normalized spacial score (nSPS) is 10.3. The van der Waals surface area contributed by atoms with Gasteiger partial charge in [-0.2, -0.15) is 5.10 Å². The van der Waals surface area contributed by atoms with E-state index < -0.39 is 0 Å². The van der Waals surface area contributed by atoms with Crippen LogP contribution in [0.2, 0.25) is 0 Å². The second kappa shape index (κ2) is 4.86. The summed E-state index contributed by atoms with van der Waals surface area (Å²) in [6.07, 6.45) is 3.64. The molecule has 2 aromatic rings. The van der Waals surface area contributed by atoms with Gasteiger partial charge in [0.25, 0.3) is 0 Å². The SMILES string of the molecule is CN(C)c1ccc(NCc2ccnn2C)cn1. The van der Waals surface area contributed by atoms with Gasteiger partial charge in [0, 0.05) is 27.3 Å². The minimum atomic E-state index is 0.749. The van der Waals surface area contributed by atoms with Gasteiger partial charge in [-0.15, -0.1) is 0 Å². The van der Waals surface area contributed by atoms with Crippen LogP contribution < -0.4 is 10.2 Å². The zero-order chi connectivity index (χ0) is 12.3. The average molecular weight is 231 g/mol. The van der Waals surface area contributed by atoms with Crippen molar-refractivity contribution in [2.24, 2.45) is 7.05 Å². The highest BCUT2D eigenvalue weighted by atomic mass is 15.3. The highest BCUT2D eigenvalue weighted by molar-refractivity contribution is 5.47. The molecule has 0 fully saturated rings. The molecular weight excluding hydrogens is 214 g/mol. The Morgan fingerprint density at radius 1 is 1.29 bits per heavy atom. The van der Waals surface area contributed by atoms with E-state index in [1.807, 2.05) is 55.1 Å². The molecule has 90 valence electrons. The Morgan fingerprint density at radius 2 is 2.12 bits per heavy atom. The van der Waals surface area contributed by atoms with Crippen LogP contribution in [0.15, 0.2) is 30.6 Å². The topological polar surface area (TPSA) is 46.0 Å². The molecule has 0 spiro atoms. The van der Waals surface area contributed by atoms with Crippen molar-refractivity contribution in [3.05, 3.63) is 36.3 Å². The zero-order valence-electron chi connectivity index (χ0n) is 10.4. The van der Waals surface area contributed by atoms with Gasteiger partial charge in [-0.05, 0) is 18.2 Å². The Labute approximate surface area is 101 Å². The lowest BCUT2D eigenvalue weighted by Gasteiger charge is -2.12. The van der Waals surface area contributed by atoms with Gasteiger partial charge in [-0.25, -0.2) is 4.98 Å². The summed E-state index contributed by atoms with van der Waals surface area (Å²) >= 11 is 0. The maximum atomic E-state index is 4.34. The minimum Gasteiger partial charge on any atom is -0.378 e. The molecule has 0 atom stereocenters. The van der Waals surface area contributed by atoms with Crippen molar-refractivity contribution in [3.63, 3.8) is 0 Å². The van der Waals surface area contributed by atoms with E-state index in [1.165, 1.54) is 0 Å².